The van der Waals surface area contributed by atoms with E-state index >= 15 is 0 Å². The Labute approximate surface area is 131 Å². The highest BCUT2D eigenvalue weighted by atomic mass is 16.2. The number of anilines is 2. The number of rotatable bonds is 3. The first kappa shape index (κ1) is 15.0. The smallest absolute Gasteiger partial charge is 0.231 e. The Morgan fingerprint density at radius 1 is 1.27 bits per heavy atom. The van der Waals surface area contributed by atoms with Crippen molar-refractivity contribution in [2.24, 2.45) is 5.41 Å². The third-order valence-corrected chi connectivity index (χ3v) is 4.66. The normalized spacial score (nSPS) is 25.3. The molecule has 2 aliphatic rings. The molecule has 0 saturated carbocycles. The lowest BCUT2D eigenvalue weighted by molar-refractivity contribution is -0.125. The van der Waals surface area contributed by atoms with Gasteiger partial charge in [0.1, 0.15) is 0 Å². The molecule has 0 radical (unpaired) electrons. The molecule has 5 nitrogen and oxygen atoms in total. The van der Waals surface area contributed by atoms with Gasteiger partial charge in [-0.1, -0.05) is 0 Å². The van der Waals surface area contributed by atoms with Gasteiger partial charge in [-0.3, -0.25) is 9.59 Å². The van der Waals surface area contributed by atoms with Crippen molar-refractivity contribution < 1.29 is 9.59 Å². The van der Waals surface area contributed by atoms with E-state index in [1.54, 1.807) is 4.90 Å². The molecule has 22 heavy (non-hydrogen) atoms. The third-order valence-electron chi connectivity index (χ3n) is 4.66. The molecule has 0 aromatic heterocycles. The number of hydrogen-bond acceptors (Lipinski definition) is 3. The summed E-state index contributed by atoms with van der Waals surface area (Å²) in [6.07, 6.45) is 3.48. The Hall–Kier alpha value is -1.88. The van der Waals surface area contributed by atoms with Gasteiger partial charge >= 0.3 is 0 Å². The van der Waals surface area contributed by atoms with Crippen molar-refractivity contribution in [3.63, 3.8) is 0 Å². The van der Waals surface area contributed by atoms with Crippen molar-refractivity contribution in [2.75, 3.05) is 29.9 Å². The maximum Gasteiger partial charge on any atom is 0.231 e. The lowest BCUT2D eigenvalue weighted by Crippen LogP contribution is -2.46. The minimum Gasteiger partial charge on any atom is -0.326 e. The van der Waals surface area contributed by atoms with E-state index < -0.39 is 0 Å². The van der Waals surface area contributed by atoms with Crippen LogP contribution in [0.5, 0.6) is 0 Å². The Balaban J connectivity index is 1.65. The van der Waals surface area contributed by atoms with E-state index in [0.717, 1.165) is 50.3 Å². The van der Waals surface area contributed by atoms with Crippen molar-refractivity contribution in [1.29, 1.82) is 0 Å². The molecule has 2 N–H and O–H groups in total. The van der Waals surface area contributed by atoms with E-state index in [-0.39, 0.29) is 17.2 Å². The standard InChI is InChI=1S/C17H23N3O2/c1-17(9-3-10-18-12-17)16(22)19-13-5-7-14(8-6-13)20-11-2-4-15(20)21/h5-8,18H,2-4,9-12H2,1H3,(H,19,22). The van der Waals surface area contributed by atoms with Crippen molar-refractivity contribution >= 4 is 23.2 Å². The maximum absolute atomic E-state index is 12.5. The number of carbonyl (C=O) groups excluding carboxylic acids is 2. The lowest BCUT2D eigenvalue weighted by atomic mass is 9.82. The van der Waals surface area contributed by atoms with Gasteiger partial charge in [0.05, 0.1) is 5.41 Å². The van der Waals surface area contributed by atoms with Gasteiger partial charge in [-0.15, -0.1) is 0 Å². The van der Waals surface area contributed by atoms with E-state index in [4.69, 9.17) is 0 Å². The van der Waals surface area contributed by atoms with Crippen LogP contribution in [0.25, 0.3) is 0 Å². The number of carbonyl (C=O) groups is 2. The second-order valence-electron chi connectivity index (χ2n) is 6.49. The van der Waals surface area contributed by atoms with Gasteiger partial charge in [0.25, 0.3) is 0 Å². The van der Waals surface area contributed by atoms with Gasteiger partial charge in [-0.05, 0) is 57.0 Å². The molecule has 0 bridgehead atoms. The summed E-state index contributed by atoms with van der Waals surface area (Å²) in [6, 6.07) is 7.55. The van der Waals surface area contributed by atoms with Crippen molar-refractivity contribution in [1.82, 2.24) is 5.32 Å². The summed E-state index contributed by atoms with van der Waals surface area (Å²) in [5, 5.41) is 6.29. The monoisotopic (exact) mass is 301 g/mol. The number of piperidine rings is 1. The number of hydrogen-bond donors (Lipinski definition) is 2. The second-order valence-corrected chi connectivity index (χ2v) is 6.49. The second kappa shape index (κ2) is 6.08. The lowest BCUT2D eigenvalue weighted by Gasteiger charge is -2.32. The summed E-state index contributed by atoms with van der Waals surface area (Å²) in [5.41, 5.74) is 1.35. The van der Waals surface area contributed by atoms with Crippen LogP contribution in [0.1, 0.15) is 32.6 Å². The number of amides is 2. The average molecular weight is 301 g/mol. The minimum atomic E-state index is -0.345. The summed E-state index contributed by atoms with van der Waals surface area (Å²) < 4.78 is 0. The van der Waals surface area contributed by atoms with Gasteiger partial charge in [0.15, 0.2) is 0 Å². The van der Waals surface area contributed by atoms with E-state index in [2.05, 4.69) is 10.6 Å². The van der Waals surface area contributed by atoms with Crippen LogP contribution >= 0.6 is 0 Å². The summed E-state index contributed by atoms with van der Waals surface area (Å²) in [4.78, 5) is 26.0. The fraction of sp³-hybridized carbons (Fsp3) is 0.529. The molecule has 2 amide bonds. The topological polar surface area (TPSA) is 61.4 Å². The molecule has 5 heteroatoms. The van der Waals surface area contributed by atoms with Crippen LogP contribution in [0.4, 0.5) is 11.4 Å². The zero-order valence-corrected chi connectivity index (χ0v) is 13.0. The first-order valence-electron chi connectivity index (χ1n) is 8.01. The molecule has 1 unspecified atom stereocenters. The van der Waals surface area contributed by atoms with Crippen LogP contribution in [-0.2, 0) is 9.59 Å². The number of nitrogens with one attached hydrogen (secondary N) is 2. The predicted octanol–water partition coefficient (Wildman–Crippen LogP) is 2.14. The first-order chi connectivity index (χ1) is 10.6. The van der Waals surface area contributed by atoms with Gasteiger partial charge in [0, 0.05) is 30.9 Å². The van der Waals surface area contributed by atoms with Crippen LogP contribution in [0, 0.1) is 5.41 Å². The minimum absolute atomic E-state index is 0.0599. The third kappa shape index (κ3) is 2.99. The largest absolute Gasteiger partial charge is 0.326 e. The Morgan fingerprint density at radius 2 is 2.05 bits per heavy atom. The average Bonchev–Trinajstić information content (AvgIpc) is 2.95. The highest BCUT2D eigenvalue weighted by Crippen LogP contribution is 2.28. The molecule has 1 atom stereocenters. The van der Waals surface area contributed by atoms with Crippen LogP contribution < -0.4 is 15.5 Å². The van der Waals surface area contributed by atoms with Gasteiger partial charge in [-0.2, -0.15) is 0 Å². The van der Waals surface area contributed by atoms with E-state index in [0.29, 0.717) is 6.42 Å². The quantitative estimate of drug-likeness (QED) is 0.899. The van der Waals surface area contributed by atoms with E-state index in [9.17, 15) is 9.59 Å². The Kier molecular flexibility index (Phi) is 4.16. The highest BCUT2D eigenvalue weighted by Gasteiger charge is 2.34. The van der Waals surface area contributed by atoms with Crippen molar-refractivity contribution in [3.8, 4) is 0 Å². The Bertz CT molecular complexity index is 562. The molecule has 3 rings (SSSR count). The molecular formula is C17H23N3O2. The van der Waals surface area contributed by atoms with E-state index in [1.807, 2.05) is 31.2 Å². The number of benzene rings is 1. The van der Waals surface area contributed by atoms with Gasteiger partial charge in [0.2, 0.25) is 11.8 Å². The summed E-state index contributed by atoms with van der Waals surface area (Å²) in [6.45, 7) is 4.50. The molecule has 2 aliphatic heterocycles. The molecule has 0 spiro atoms. The maximum atomic E-state index is 12.5. The predicted molar refractivity (Wildman–Crippen MR) is 86.9 cm³/mol. The number of nitrogens with zero attached hydrogens (tertiary/aromatic N) is 1. The molecule has 118 valence electrons. The molecule has 0 aliphatic carbocycles. The van der Waals surface area contributed by atoms with E-state index in [1.165, 1.54) is 0 Å². The summed E-state index contributed by atoms with van der Waals surface area (Å²) in [5.74, 6) is 0.238. The van der Waals surface area contributed by atoms with Crippen LogP contribution in [0.15, 0.2) is 24.3 Å². The van der Waals surface area contributed by atoms with Crippen molar-refractivity contribution in [3.05, 3.63) is 24.3 Å². The molecule has 2 heterocycles. The molecule has 2 fully saturated rings. The van der Waals surface area contributed by atoms with Crippen LogP contribution in [0.2, 0.25) is 0 Å². The fourth-order valence-electron chi connectivity index (χ4n) is 3.18. The molecule has 1 aromatic rings. The first-order valence-corrected chi connectivity index (χ1v) is 8.01. The van der Waals surface area contributed by atoms with Crippen molar-refractivity contribution in [2.45, 2.75) is 32.6 Å². The SMILES string of the molecule is CC1(C(=O)Nc2ccc(N3CCCC3=O)cc2)CCCNC1. The molecular weight excluding hydrogens is 278 g/mol. The zero-order chi connectivity index (χ0) is 15.6. The summed E-state index contributed by atoms with van der Waals surface area (Å²) in [7, 11) is 0. The van der Waals surface area contributed by atoms with Crippen LogP contribution in [-0.4, -0.2) is 31.4 Å². The Morgan fingerprint density at radius 3 is 2.64 bits per heavy atom. The highest BCUT2D eigenvalue weighted by molar-refractivity contribution is 5.97. The van der Waals surface area contributed by atoms with Gasteiger partial charge in [-0.25, -0.2) is 0 Å². The molecule has 1 aromatic carbocycles. The van der Waals surface area contributed by atoms with Gasteiger partial charge < -0.3 is 15.5 Å². The molecule has 2 saturated heterocycles. The fourth-order valence-corrected chi connectivity index (χ4v) is 3.18. The summed E-state index contributed by atoms with van der Waals surface area (Å²) >= 11 is 0. The van der Waals surface area contributed by atoms with Crippen LogP contribution in [0.3, 0.4) is 0 Å². The zero-order valence-electron chi connectivity index (χ0n) is 13.0.